The zero-order valence-electron chi connectivity index (χ0n) is 17.6. The van der Waals surface area contributed by atoms with Gasteiger partial charge in [-0.2, -0.15) is 0 Å². The molecule has 1 aliphatic carbocycles. The summed E-state index contributed by atoms with van der Waals surface area (Å²) < 4.78 is 6.39. The Labute approximate surface area is 170 Å². The first-order chi connectivity index (χ1) is 13.7. The molecule has 3 atom stereocenters. The Morgan fingerprint density at radius 3 is 2.61 bits per heavy atom. The van der Waals surface area contributed by atoms with Gasteiger partial charge in [-0.3, -0.25) is 4.90 Å². The van der Waals surface area contributed by atoms with E-state index in [-0.39, 0.29) is 0 Å². The lowest BCUT2D eigenvalue weighted by Crippen LogP contribution is -2.38. The minimum absolute atomic E-state index is 0.306. The van der Waals surface area contributed by atoms with Crippen molar-refractivity contribution in [1.29, 1.82) is 0 Å². The second kappa shape index (κ2) is 9.26. The molecule has 1 saturated heterocycles. The molecule has 28 heavy (non-hydrogen) atoms. The zero-order valence-corrected chi connectivity index (χ0v) is 17.6. The minimum atomic E-state index is 0.306. The molecule has 2 aliphatic rings. The summed E-state index contributed by atoms with van der Waals surface area (Å²) in [5.41, 5.74) is 1.36. The average Bonchev–Trinajstić information content (AvgIpc) is 3.18. The Morgan fingerprint density at radius 2 is 1.89 bits per heavy atom. The fraction of sp³-hybridized carbons (Fsp3) is 0.640. The SMILES string of the molecule is CCC1CCN(Cc2cnc(C(c3ccccc3)C3CCCCC3)o2)C[C@H]1C. The van der Waals surface area contributed by atoms with E-state index in [0.717, 1.165) is 30.0 Å². The molecule has 2 aromatic rings. The van der Waals surface area contributed by atoms with Crippen molar-refractivity contribution in [3.63, 3.8) is 0 Å². The second-order valence-corrected chi connectivity index (χ2v) is 9.12. The number of piperidine rings is 1. The van der Waals surface area contributed by atoms with Gasteiger partial charge >= 0.3 is 0 Å². The first kappa shape index (κ1) is 19.7. The third-order valence-electron chi connectivity index (χ3n) is 7.19. The van der Waals surface area contributed by atoms with Crippen LogP contribution < -0.4 is 0 Å². The van der Waals surface area contributed by atoms with Crippen LogP contribution in [-0.2, 0) is 6.54 Å². The number of benzene rings is 1. The van der Waals surface area contributed by atoms with E-state index in [2.05, 4.69) is 49.1 Å². The Balaban J connectivity index is 1.49. The van der Waals surface area contributed by atoms with Crippen LogP contribution in [0.4, 0.5) is 0 Å². The molecule has 2 fully saturated rings. The molecule has 0 spiro atoms. The molecule has 1 saturated carbocycles. The molecule has 0 amide bonds. The summed E-state index contributed by atoms with van der Waals surface area (Å²) >= 11 is 0. The predicted octanol–water partition coefficient (Wildman–Crippen LogP) is 6.25. The van der Waals surface area contributed by atoms with Crippen LogP contribution in [0.3, 0.4) is 0 Å². The summed E-state index contributed by atoms with van der Waals surface area (Å²) in [5.74, 6) is 4.59. The maximum Gasteiger partial charge on any atom is 0.202 e. The normalized spacial score (nSPS) is 25.6. The summed E-state index contributed by atoms with van der Waals surface area (Å²) in [5, 5.41) is 0. The van der Waals surface area contributed by atoms with Crippen LogP contribution in [0.2, 0.25) is 0 Å². The molecule has 1 aromatic heterocycles. The van der Waals surface area contributed by atoms with Crippen LogP contribution in [0, 0.1) is 17.8 Å². The van der Waals surface area contributed by atoms with Crippen molar-refractivity contribution >= 4 is 0 Å². The van der Waals surface area contributed by atoms with E-state index in [9.17, 15) is 0 Å². The third kappa shape index (κ3) is 4.51. The summed E-state index contributed by atoms with van der Waals surface area (Å²) in [6.45, 7) is 8.00. The van der Waals surface area contributed by atoms with Gasteiger partial charge in [0.05, 0.1) is 18.7 Å². The molecule has 1 aromatic carbocycles. The van der Waals surface area contributed by atoms with Gasteiger partial charge in [-0.15, -0.1) is 0 Å². The van der Waals surface area contributed by atoms with Crippen molar-refractivity contribution in [3.05, 3.63) is 53.7 Å². The first-order valence-corrected chi connectivity index (χ1v) is 11.5. The Bertz CT molecular complexity index is 719. The summed E-state index contributed by atoms with van der Waals surface area (Å²) in [4.78, 5) is 7.35. The highest BCUT2D eigenvalue weighted by Crippen LogP contribution is 2.40. The topological polar surface area (TPSA) is 29.3 Å². The Hall–Kier alpha value is -1.61. The average molecular weight is 381 g/mol. The van der Waals surface area contributed by atoms with Crippen LogP contribution in [-0.4, -0.2) is 23.0 Å². The van der Waals surface area contributed by atoms with E-state index >= 15 is 0 Å². The molecule has 0 bridgehead atoms. The van der Waals surface area contributed by atoms with Gasteiger partial charge in [0.25, 0.3) is 0 Å². The molecule has 0 N–H and O–H groups in total. The Kier molecular flexibility index (Phi) is 6.51. The molecule has 2 heterocycles. The first-order valence-electron chi connectivity index (χ1n) is 11.5. The number of likely N-dealkylation sites (tertiary alicyclic amines) is 1. The van der Waals surface area contributed by atoms with E-state index in [1.807, 2.05) is 6.20 Å². The van der Waals surface area contributed by atoms with Gasteiger partial charge in [-0.1, -0.05) is 69.9 Å². The van der Waals surface area contributed by atoms with Crippen LogP contribution >= 0.6 is 0 Å². The van der Waals surface area contributed by atoms with Crippen molar-refractivity contribution in [2.45, 2.75) is 71.3 Å². The highest BCUT2D eigenvalue weighted by Gasteiger charge is 2.31. The number of hydrogen-bond donors (Lipinski definition) is 0. The van der Waals surface area contributed by atoms with Gasteiger partial charge in [0.2, 0.25) is 5.89 Å². The van der Waals surface area contributed by atoms with Gasteiger partial charge in [0.15, 0.2) is 0 Å². The number of rotatable bonds is 6. The van der Waals surface area contributed by atoms with Gasteiger partial charge in [0.1, 0.15) is 5.76 Å². The van der Waals surface area contributed by atoms with Crippen LogP contribution in [0.5, 0.6) is 0 Å². The lowest BCUT2D eigenvalue weighted by Gasteiger charge is -2.36. The molecular weight excluding hydrogens is 344 g/mol. The maximum atomic E-state index is 6.39. The standard InChI is InChI=1S/C25H36N2O/c1-3-20-14-15-27(17-19(20)2)18-23-16-26-25(28-23)24(21-10-6-4-7-11-21)22-12-8-5-9-13-22/h4,6-7,10-11,16,19-20,22,24H,3,5,8-9,12-15,17-18H2,1-2H3/t19-,20?,24?/m1/s1. The predicted molar refractivity (Wildman–Crippen MR) is 114 cm³/mol. The monoisotopic (exact) mass is 380 g/mol. The zero-order chi connectivity index (χ0) is 19.3. The van der Waals surface area contributed by atoms with E-state index in [1.54, 1.807) is 0 Å². The van der Waals surface area contributed by atoms with Crippen molar-refractivity contribution < 1.29 is 4.42 Å². The Morgan fingerprint density at radius 1 is 1.11 bits per heavy atom. The second-order valence-electron chi connectivity index (χ2n) is 9.12. The molecule has 1 aliphatic heterocycles. The van der Waals surface area contributed by atoms with E-state index in [0.29, 0.717) is 11.8 Å². The number of hydrogen-bond acceptors (Lipinski definition) is 3. The van der Waals surface area contributed by atoms with E-state index in [4.69, 9.17) is 9.40 Å². The fourth-order valence-electron chi connectivity index (χ4n) is 5.53. The van der Waals surface area contributed by atoms with Crippen molar-refractivity contribution in [2.75, 3.05) is 13.1 Å². The quantitative estimate of drug-likeness (QED) is 0.593. The molecular formula is C25H36N2O. The lowest BCUT2D eigenvalue weighted by molar-refractivity contribution is 0.113. The van der Waals surface area contributed by atoms with E-state index in [1.165, 1.54) is 63.6 Å². The smallest absolute Gasteiger partial charge is 0.202 e. The summed E-state index contributed by atoms with van der Waals surface area (Å²) in [6.07, 6.45) is 11.2. The minimum Gasteiger partial charge on any atom is -0.444 e. The van der Waals surface area contributed by atoms with Crippen LogP contribution in [0.1, 0.15) is 81.9 Å². The third-order valence-corrected chi connectivity index (χ3v) is 7.19. The van der Waals surface area contributed by atoms with Gasteiger partial charge in [-0.25, -0.2) is 4.98 Å². The number of nitrogens with zero attached hydrogens (tertiary/aromatic N) is 2. The maximum absolute atomic E-state index is 6.39. The highest BCUT2D eigenvalue weighted by molar-refractivity contribution is 5.26. The molecule has 3 heteroatoms. The molecule has 3 nitrogen and oxygen atoms in total. The highest BCUT2D eigenvalue weighted by atomic mass is 16.4. The van der Waals surface area contributed by atoms with E-state index < -0.39 is 0 Å². The molecule has 0 radical (unpaired) electrons. The summed E-state index contributed by atoms with van der Waals surface area (Å²) in [6, 6.07) is 10.9. The van der Waals surface area contributed by atoms with Crippen molar-refractivity contribution in [2.24, 2.45) is 17.8 Å². The van der Waals surface area contributed by atoms with Gasteiger partial charge < -0.3 is 4.42 Å². The van der Waals surface area contributed by atoms with Crippen LogP contribution in [0.15, 0.2) is 40.9 Å². The largest absolute Gasteiger partial charge is 0.444 e. The summed E-state index contributed by atoms with van der Waals surface area (Å²) in [7, 11) is 0. The van der Waals surface area contributed by atoms with Crippen molar-refractivity contribution in [1.82, 2.24) is 9.88 Å². The molecule has 4 rings (SSSR count). The van der Waals surface area contributed by atoms with Gasteiger partial charge in [-0.05, 0) is 49.1 Å². The van der Waals surface area contributed by atoms with Gasteiger partial charge in [0, 0.05) is 6.54 Å². The van der Waals surface area contributed by atoms with Crippen LogP contribution in [0.25, 0.3) is 0 Å². The molecule has 152 valence electrons. The lowest BCUT2D eigenvalue weighted by atomic mass is 9.77. The van der Waals surface area contributed by atoms with Crippen molar-refractivity contribution in [3.8, 4) is 0 Å². The number of oxazole rings is 1. The number of aromatic nitrogens is 1. The molecule has 2 unspecified atom stereocenters. The fourth-order valence-corrected chi connectivity index (χ4v) is 5.53.